The van der Waals surface area contributed by atoms with E-state index >= 15 is 0 Å². The summed E-state index contributed by atoms with van der Waals surface area (Å²) in [6.07, 6.45) is 3.07. The van der Waals surface area contributed by atoms with Crippen LogP contribution in [0.4, 0.5) is 14.5 Å². The first kappa shape index (κ1) is 29.0. The maximum absolute atomic E-state index is 12.4. The molecule has 192 valence electrons. The summed E-state index contributed by atoms with van der Waals surface area (Å²) >= 11 is 7.78. The summed E-state index contributed by atoms with van der Waals surface area (Å²) in [5, 5.41) is 16.2. The summed E-state index contributed by atoms with van der Waals surface area (Å²) in [5.74, 6) is -2.45. The van der Waals surface area contributed by atoms with E-state index in [1.165, 1.54) is 4.68 Å². The van der Waals surface area contributed by atoms with Gasteiger partial charge in [-0.25, -0.2) is 17.8 Å². The molecule has 0 atom stereocenters. The van der Waals surface area contributed by atoms with E-state index in [1.54, 1.807) is 25.2 Å². The minimum absolute atomic E-state index is 0.0636. The summed E-state index contributed by atoms with van der Waals surface area (Å²) in [4.78, 5) is 13.5. The number of hydrogen-bond acceptors (Lipinski definition) is 7. The minimum atomic E-state index is -2.45. The van der Waals surface area contributed by atoms with Gasteiger partial charge in [0.05, 0.1) is 42.8 Å². The fourth-order valence-electron chi connectivity index (χ4n) is 3.47. The number of nitrogens with one attached hydrogen (secondary N) is 1. The van der Waals surface area contributed by atoms with Gasteiger partial charge in [-0.2, -0.15) is 10.4 Å². The van der Waals surface area contributed by atoms with E-state index < -0.39 is 5.92 Å². The van der Waals surface area contributed by atoms with Crippen LogP contribution in [-0.2, 0) is 4.74 Å². The van der Waals surface area contributed by atoms with Crippen molar-refractivity contribution in [1.29, 1.82) is 5.26 Å². The summed E-state index contributed by atoms with van der Waals surface area (Å²) in [7, 11) is 1.71. The molecule has 0 radical (unpaired) electrons. The lowest BCUT2D eigenvalue weighted by Crippen LogP contribution is -2.36. The first-order valence-electron chi connectivity index (χ1n) is 11.7. The molecule has 4 rings (SSSR count). The van der Waals surface area contributed by atoms with Gasteiger partial charge in [0.15, 0.2) is 0 Å². The number of nitrogens with zero attached hydrogens (tertiary/aromatic N) is 4. The molecule has 0 bridgehead atoms. The van der Waals surface area contributed by atoms with Gasteiger partial charge in [-0.15, -0.1) is 0 Å². The third-order valence-corrected chi connectivity index (χ3v) is 6.90. The molecule has 0 saturated carbocycles. The van der Waals surface area contributed by atoms with E-state index in [0.717, 1.165) is 30.8 Å². The number of piperidine rings is 1. The molecule has 0 spiro atoms. The highest BCUT2D eigenvalue weighted by molar-refractivity contribution is 7.97. The van der Waals surface area contributed by atoms with Crippen LogP contribution in [0.1, 0.15) is 51.1 Å². The van der Waals surface area contributed by atoms with Gasteiger partial charge < -0.3 is 10.1 Å². The molecule has 2 aromatic rings. The van der Waals surface area contributed by atoms with E-state index in [9.17, 15) is 13.6 Å². The molecule has 1 aromatic heterocycles. The Morgan fingerprint density at radius 2 is 1.80 bits per heavy atom. The molecule has 3 heterocycles. The monoisotopic (exact) mass is 527 g/mol. The molecular formula is C24H32ClF2N5O2S. The highest BCUT2D eigenvalue weighted by Crippen LogP contribution is 2.30. The Morgan fingerprint density at radius 1 is 1.20 bits per heavy atom. The lowest BCUT2D eigenvalue weighted by Gasteiger charge is -2.31. The topological polar surface area (TPSA) is 83.2 Å². The summed E-state index contributed by atoms with van der Waals surface area (Å²) in [6.45, 7) is 6.14. The van der Waals surface area contributed by atoms with Crippen molar-refractivity contribution in [2.75, 3.05) is 38.7 Å². The van der Waals surface area contributed by atoms with Crippen LogP contribution in [-0.4, -0.2) is 53.4 Å². The van der Waals surface area contributed by atoms with Crippen molar-refractivity contribution in [2.24, 2.45) is 0 Å². The number of ether oxygens (including phenoxy) is 1. The van der Waals surface area contributed by atoms with Crippen molar-refractivity contribution in [1.82, 2.24) is 14.1 Å². The van der Waals surface area contributed by atoms with E-state index in [0.29, 0.717) is 11.3 Å². The van der Waals surface area contributed by atoms with Crippen LogP contribution in [0.5, 0.6) is 0 Å². The van der Waals surface area contributed by atoms with Gasteiger partial charge in [-0.3, -0.25) is 4.79 Å². The van der Waals surface area contributed by atoms with Gasteiger partial charge in [-0.1, -0.05) is 25.4 Å². The first-order valence-corrected chi connectivity index (χ1v) is 12.8. The fraction of sp³-hybridized carbons (Fsp3) is 0.542. The number of alkyl halides is 2. The van der Waals surface area contributed by atoms with Crippen LogP contribution in [0.25, 0.3) is 0 Å². The number of nitriles is 1. The summed E-state index contributed by atoms with van der Waals surface area (Å²) in [5.41, 5.74) is 0.971. The zero-order chi connectivity index (χ0) is 25.8. The van der Waals surface area contributed by atoms with E-state index in [-0.39, 0.29) is 42.7 Å². The van der Waals surface area contributed by atoms with Crippen molar-refractivity contribution in [3.05, 3.63) is 51.4 Å². The number of hydrogen-bond donors (Lipinski definition) is 1. The van der Waals surface area contributed by atoms with Gasteiger partial charge in [0.2, 0.25) is 0 Å². The standard InChI is InChI=1S/C17H18ClN5OS.C5H8F2O.C2H6/c1-20-15-11-21-23(17(24)16(15)18)13-6-8-22(9-7-13)25-14-4-2-12(10-19)3-5-14;6-5(7)1-3-8-4-2-5;1-2/h2-5,11,13,20H,6-9H2,1H3;1-4H2;1-2H3. The predicted molar refractivity (Wildman–Crippen MR) is 136 cm³/mol. The molecule has 1 N–H and O–H groups in total. The minimum Gasteiger partial charge on any atom is -0.385 e. The third kappa shape index (κ3) is 8.76. The zero-order valence-electron chi connectivity index (χ0n) is 20.3. The summed E-state index contributed by atoms with van der Waals surface area (Å²) in [6, 6.07) is 9.74. The van der Waals surface area contributed by atoms with Gasteiger partial charge in [0.1, 0.15) is 5.02 Å². The quantitative estimate of drug-likeness (QED) is 0.517. The molecule has 0 unspecified atom stereocenters. The zero-order valence-corrected chi connectivity index (χ0v) is 21.8. The highest BCUT2D eigenvalue weighted by atomic mass is 35.5. The molecule has 35 heavy (non-hydrogen) atoms. The lowest BCUT2D eigenvalue weighted by molar-refractivity contribution is -0.0915. The number of aromatic nitrogens is 2. The van der Waals surface area contributed by atoms with Crippen molar-refractivity contribution >= 4 is 29.2 Å². The molecule has 11 heteroatoms. The average Bonchev–Trinajstić information content (AvgIpc) is 2.88. The Balaban J connectivity index is 0.000000363. The number of benzene rings is 1. The second-order valence-electron chi connectivity index (χ2n) is 7.73. The number of rotatable bonds is 4. The molecule has 0 amide bonds. The van der Waals surface area contributed by atoms with Crippen LogP contribution >= 0.6 is 23.5 Å². The van der Waals surface area contributed by atoms with Gasteiger partial charge in [0.25, 0.3) is 11.5 Å². The SMILES string of the molecule is CC.CNc1cnn(C2CCN(Sc3ccc(C#N)cc3)CC2)c(=O)c1Cl.FC1(F)CCOCC1. The largest absolute Gasteiger partial charge is 0.385 e. The normalized spacial score (nSPS) is 17.7. The van der Waals surface area contributed by atoms with Crippen molar-refractivity contribution < 1.29 is 13.5 Å². The lowest BCUT2D eigenvalue weighted by atomic mass is 10.1. The molecule has 2 aliphatic heterocycles. The Labute approximate surface area is 214 Å². The Kier molecular flexibility index (Phi) is 11.9. The number of anilines is 1. The van der Waals surface area contributed by atoms with E-state index in [4.69, 9.17) is 21.6 Å². The first-order chi connectivity index (χ1) is 16.8. The molecule has 2 aliphatic rings. The Morgan fingerprint density at radius 3 is 2.29 bits per heavy atom. The van der Waals surface area contributed by atoms with E-state index in [2.05, 4.69) is 20.8 Å². The maximum atomic E-state index is 12.4. The molecular weight excluding hydrogens is 496 g/mol. The highest BCUT2D eigenvalue weighted by Gasteiger charge is 2.31. The van der Waals surface area contributed by atoms with Crippen LogP contribution in [0.15, 0.2) is 40.2 Å². The van der Waals surface area contributed by atoms with Crippen molar-refractivity contribution in [3.8, 4) is 6.07 Å². The second-order valence-corrected chi connectivity index (χ2v) is 9.28. The van der Waals surface area contributed by atoms with Crippen molar-refractivity contribution in [2.45, 2.75) is 56.4 Å². The van der Waals surface area contributed by atoms with Crippen molar-refractivity contribution in [3.63, 3.8) is 0 Å². The molecule has 2 fully saturated rings. The number of halogens is 3. The van der Waals surface area contributed by atoms with Crippen LogP contribution in [0.3, 0.4) is 0 Å². The Hall–Kier alpha value is -2.19. The molecule has 0 aliphatic carbocycles. The van der Waals surface area contributed by atoms with Crippen LogP contribution in [0, 0.1) is 11.3 Å². The molecule has 7 nitrogen and oxygen atoms in total. The smallest absolute Gasteiger partial charge is 0.287 e. The van der Waals surface area contributed by atoms with Gasteiger partial charge >= 0.3 is 0 Å². The summed E-state index contributed by atoms with van der Waals surface area (Å²) < 4.78 is 32.8. The second kappa shape index (κ2) is 14.4. The maximum Gasteiger partial charge on any atom is 0.287 e. The van der Waals surface area contributed by atoms with Crippen LogP contribution < -0.4 is 10.9 Å². The third-order valence-electron chi connectivity index (χ3n) is 5.42. The van der Waals surface area contributed by atoms with Gasteiger partial charge in [0, 0.05) is 37.9 Å². The van der Waals surface area contributed by atoms with Gasteiger partial charge in [-0.05, 0) is 49.1 Å². The molecule has 2 saturated heterocycles. The van der Waals surface area contributed by atoms with Crippen LogP contribution in [0.2, 0.25) is 5.02 Å². The predicted octanol–water partition coefficient (Wildman–Crippen LogP) is 5.61. The fourth-order valence-corrected chi connectivity index (χ4v) is 4.65. The Bertz CT molecular complexity index is 1010. The average molecular weight is 528 g/mol. The molecule has 1 aromatic carbocycles. The van der Waals surface area contributed by atoms with E-state index in [1.807, 2.05) is 38.1 Å².